The van der Waals surface area contributed by atoms with Crippen LogP contribution in [0.5, 0.6) is 17.2 Å². The minimum atomic E-state index is 0.231. The number of hydroxylamine groups is 1. The molecule has 0 aliphatic carbocycles. The van der Waals surface area contributed by atoms with Gasteiger partial charge in [0.2, 0.25) is 6.79 Å². The molecule has 1 aromatic rings. The standard InChI is InChI=1S/C10H12BrNO4/c1-13-9-6(4-12-14-2)10-8(3-7(9)11)15-5-16-10/h3,12H,4-5H2,1-2H3. The van der Waals surface area contributed by atoms with Crippen molar-refractivity contribution in [3.8, 4) is 17.2 Å². The van der Waals surface area contributed by atoms with Crippen LogP contribution in [0.25, 0.3) is 0 Å². The molecule has 0 bridgehead atoms. The van der Waals surface area contributed by atoms with Gasteiger partial charge in [-0.15, -0.1) is 0 Å². The first kappa shape index (κ1) is 11.5. The van der Waals surface area contributed by atoms with Gasteiger partial charge in [0.1, 0.15) is 5.75 Å². The quantitative estimate of drug-likeness (QED) is 0.857. The van der Waals surface area contributed by atoms with E-state index in [0.29, 0.717) is 23.8 Å². The third-order valence-corrected chi connectivity index (χ3v) is 2.85. The molecular weight excluding hydrogens is 278 g/mol. The van der Waals surface area contributed by atoms with Crippen molar-refractivity contribution in [2.75, 3.05) is 21.0 Å². The van der Waals surface area contributed by atoms with E-state index in [1.165, 1.54) is 0 Å². The second-order valence-corrected chi connectivity index (χ2v) is 3.98. The van der Waals surface area contributed by atoms with Crippen molar-refractivity contribution in [2.24, 2.45) is 0 Å². The van der Waals surface area contributed by atoms with Gasteiger partial charge in [-0.25, -0.2) is 0 Å². The second kappa shape index (κ2) is 4.90. The SMILES string of the molecule is CONCc1c(OC)c(Br)cc2c1OCO2. The van der Waals surface area contributed by atoms with Crippen molar-refractivity contribution >= 4 is 15.9 Å². The minimum Gasteiger partial charge on any atom is -0.495 e. The monoisotopic (exact) mass is 289 g/mol. The number of hydrogen-bond acceptors (Lipinski definition) is 5. The van der Waals surface area contributed by atoms with Gasteiger partial charge in [0.05, 0.1) is 30.8 Å². The predicted molar refractivity (Wildman–Crippen MR) is 60.7 cm³/mol. The molecule has 0 atom stereocenters. The molecule has 16 heavy (non-hydrogen) atoms. The van der Waals surface area contributed by atoms with Gasteiger partial charge < -0.3 is 19.0 Å². The number of rotatable bonds is 4. The lowest BCUT2D eigenvalue weighted by Gasteiger charge is -2.13. The molecule has 1 heterocycles. The maximum Gasteiger partial charge on any atom is 0.231 e. The van der Waals surface area contributed by atoms with Crippen LogP contribution in [-0.2, 0) is 11.4 Å². The summed E-state index contributed by atoms with van der Waals surface area (Å²) in [5.74, 6) is 2.12. The minimum absolute atomic E-state index is 0.231. The van der Waals surface area contributed by atoms with Crippen molar-refractivity contribution in [3.05, 3.63) is 16.1 Å². The first-order valence-corrected chi connectivity index (χ1v) is 5.48. The molecule has 6 heteroatoms. The molecule has 2 rings (SSSR count). The highest BCUT2D eigenvalue weighted by Crippen LogP contribution is 2.45. The maximum absolute atomic E-state index is 5.41. The van der Waals surface area contributed by atoms with Gasteiger partial charge in [-0.05, 0) is 15.9 Å². The van der Waals surface area contributed by atoms with Gasteiger partial charge in [0.15, 0.2) is 11.5 Å². The van der Waals surface area contributed by atoms with Gasteiger partial charge in [-0.2, -0.15) is 5.48 Å². The average molecular weight is 290 g/mol. The number of halogens is 1. The Morgan fingerprint density at radius 2 is 2.25 bits per heavy atom. The number of hydrogen-bond donors (Lipinski definition) is 1. The van der Waals surface area contributed by atoms with Crippen LogP contribution in [-0.4, -0.2) is 21.0 Å². The van der Waals surface area contributed by atoms with Crippen molar-refractivity contribution in [1.29, 1.82) is 0 Å². The topological polar surface area (TPSA) is 49.0 Å². The third-order valence-electron chi connectivity index (χ3n) is 2.26. The fourth-order valence-electron chi connectivity index (χ4n) is 1.59. The van der Waals surface area contributed by atoms with Crippen LogP contribution in [0.3, 0.4) is 0 Å². The highest BCUT2D eigenvalue weighted by molar-refractivity contribution is 9.10. The van der Waals surface area contributed by atoms with E-state index in [-0.39, 0.29) is 6.79 Å². The molecule has 1 aliphatic rings. The lowest BCUT2D eigenvalue weighted by atomic mass is 10.1. The lowest BCUT2D eigenvalue weighted by molar-refractivity contribution is 0.0851. The summed E-state index contributed by atoms with van der Waals surface area (Å²) in [4.78, 5) is 4.83. The number of nitrogens with one attached hydrogen (secondary N) is 1. The normalized spacial score (nSPS) is 12.9. The third kappa shape index (κ3) is 1.95. The zero-order chi connectivity index (χ0) is 11.5. The Kier molecular flexibility index (Phi) is 3.52. The molecule has 0 spiro atoms. The molecule has 0 saturated carbocycles. The summed E-state index contributed by atoms with van der Waals surface area (Å²) in [6, 6.07) is 1.83. The van der Waals surface area contributed by atoms with Crippen LogP contribution in [0.2, 0.25) is 0 Å². The molecule has 1 aromatic carbocycles. The Hall–Kier alpha value is -0.980. The fraction of sp³-hybridized carbons (Fsp3) is 0.400. The van der Waals surface area contributed by atoms with E-state index >= 15 is 0 Å². The number of ether oxygens (including phenoxy) is 3. The highest BCUT2D eigenvalue weighted by atomic mass is 79.9. The molecule has 1 N–H and O–H groups in total. The molecule has 1 aliphatic heterocycles. The summed E-state index contributed by atoms with van der Waals surface area (Å²) >= 11 is 3.42. The molecular formula is C10H12BrNO4. The van der Waals surface area contributed by atoms with Crippen molar-refractivity contribution in [1.82, 2.24) is 5.48 Å². The molecule has 0 unspecified atom stereocenters. The van der Waals surface area contributed by atoms with Crippen molar-refractivity contribution in [3.63, 3.8) is 0 Å². The summed E-state index contributed by atoms with van der Waals surface area (Å²) in [5, 5.41) is 0. The number of fused-ring (bicyclic) bond motifs is 1. The first-order valence-electron chi connectivity index (χ1n) is 4.68. The number of methoxy groups -OCH3 is 1. The average Bonchev–Trinajstić information content (AvgIpc) is 2.72. The fourth-order valence-corrected chi connectivity index (χ4v) is 2.19. The zero-order valence-corrected chi connectivity index (χ0v) is 10.6. The smallest absolute Gasteiger partial charge is 0.231 e. The van der Waals surface area contributed by atoms with Crippen LogP contribution in [0, 0.1) is 0 Å². The van der Waals surface area contributed by atoms with Crippen LogP contribution in [0.1, 0.15) is 5.56 Å². The Bertz CT molecular complexity index is 393. The van der Waals surface area contributed by atoms with Crippen LogP contribution in [0.4, 0.5) is 0 Å². The van der Waals surface area contributed by atoms with E-state index < -0.39 is 0 Å². The van der Waals surface area contributed by atoms with Gasteiger partial charge in [-0.3, -0.25) is 0 Å². The Morgan fingerprint density at radius 1 is 1.44 bits per heavy atom. The van der Waals surface area contributed by atoms with E-state index in [1.807, 2.05) is 6.07 Å². The number of benzene rings is 1. The summed E-state index contributed by atoms with van der Waals surface area (Å²) < 4.78 is 16.9. The van der Waals surface area contributed by atoms with E-state index in [1.54, 1.807) is 14.2 Å². The summed E-state index contributed by atoms with van der Waals surface area (Å²) in [7, 11) is 3.17. The largest absolute Gasteiger partial charge is 0.495 e. The van der Waals surface area contributed by atoms with Gasteiger partial charge in [-0.1, -0.05) is 0 Å². The zero-order valence-electron chi connectivity index (χ0n) is 9.00. The molecule has 0 aromatic heterocycles. The van der Waals surface area contributed by atoms with Gasteiger partial charge >= 0.3 is 0 Å². The molecule has 0 saturated heterocycles. The Balaban J connectivity index is 2.44. The maximum atomic E-state index is 5.41. The van der Waals surface area contributed by atoms with E-state index in [0.717, 1.165) is 10.0 Å². The molecule has 5 nitrogen and oxygen atoms in total. The first-order chi connectivity index (χ1) is 7.77. The lowest BCUT2D eigenvalue weighted by Crippen LogP contribution is -2.12. The summed E-state index contributed by atoms with van der Waals surface area (Å²) in [5.41, 5.74) is 3.63. The van der Waals surface area contributed by atoms with Crippen molar-refractivity contribution in [2.45, 2.75) is 6.54 Å². The summed E-state index contributed by atoms with van der Waals surface area (Å²) in [6.07, 6.45) is 0. The van der Waals surface area contributed by atoms with Gasteiger partial charge in [0.25, 0.3) is 0 Å². The highest BCUT2D eigenvalue weighted by Gasteiger charge is 2.24. The van der Waals surface area contributed by atoms with Crippen LogP contribution in [0.15, 0.2) is 10.5 Å². The van der Waals surface area contributed by atoms with Crippen LogP contribution >= 0.6 is 15.9 Å². The van der Waals surface area contributed by atoms with Crippen molar-refractivity contribution < 1.29 is 19.0 Å². The Labute approximate surface area is 102 Å². The van der Waals surface area contributed by atoms with E-state index in [9.17, 15) is 0 Å². The Morgan fingerprint density at radius 3 is 2.94 bits per heavy atom. The van der Waals surface area contributed by atoms with Gasteiger partial charge in [0, 0.05) is 6.07 Å². The molecule has 0 radical (unpaired) electrons. The van der Waals surface area contributed by atoms with Crippen LogP contribution < -0.4 is 19.7 Å². The molecule has 88 valence electrons. The second-order valence-electron chi connectivity index (χ2n) is 3.13. The molecule has 0 fully saturated rings. The summed E-state index contributed by atoms with van der Waals surface area (Å²) in [6.45, 7) is 0.708. The van der Waals surface area contributed by atoms with E-state index in [2.05, 4.69) is 21.4 Å². The van der Waals surface area contributed by atoms with E-state index in [4.69, 9.17) is 19.0 Å². The predicted octanol–water partition coefficient (Wildman–Crippen LogP) is 1.84. The molecule has 0 amide bonds.